The Hall–Kier alpha value is -2.56. The molecule has 2 N–H and O–H groups in total. The lowest BCUT2D eigenvalue weighted by atomic mass is 9.79. The number of nitrogen functional groups attached to an aromatic ring is 1. The fraction of sp³-hybridized carbons (Fsp3) is 0.455. The summed E-state index contributed by atoms with van der Waals surface area (Å²) in [6.45, 7) is 7.45. The van der Waals surface area contributed by atoms with E-state index in [0.717, 1.165) is 50.4 Å². The number of hydrogen-bond acceptors (Lipinski definition) is 4. The zero-order valence-corrected chi connectivity index (χ0v) is 16.3. The molecule has 1 amide bonds. The highest BCUT2D eigenvalue weighted by Gasteiger charge is 2.34. The van der Waals surface area contributed by atoms with Crippen molar-refractivity contribution in [2.24, 2.45) is 5.92 Å². The van der Waals surface area contributed by atoms with E-state index in [1.807, 2.05) is 35.2 Å². The number of hydrogen-bond donors (Lipinski definition) is 1. The first-order valence-corrected chi connectivity index (χ1v) is 9.94. The Bertz CT molecular complexity index is 720. The zero-order chi connectivity index (χ0) is 19.2. The summed E-state index contributed by atoms with van der Waals surface area (Å²) in [6.07, 6.45) is 3.68. The molecule has 2 aromatic rings. The molecule has 1 aromatic carbocycles. The molecule has 5 heteroatoms. The number of pyridine rings is 1. The van der Waals surface area contributed by atoms with E-state index in [1.54, 1.807) is 6.20 Å². The van der Waals surface area contributed by atoms with Crippen molar-refractivity contribution in [2.45, 2.75) is 32.6 Å². The Kier molecular flexibility index (Phi) is 6.32. The third-order valence-corrected chi connectivity index (χ3v) is 5.61. The highest BCUT2D eigenvalue weighted by molar-refractivity contribution is 5.84. The number of likely N-dealkylation sites (N-methyl/N-ethyl adjacent to an activating group) is 1. The maximum Gasteiger partial charge on any atom is 0.230 e. The molecule has 1 unspecified atom stereocenters. The van der Waals surface area contributed by atoms with E-state index < -0.39 is 0 Å². The van der Waals surface area contributed by atoms with Crippen LogP contribution in [0.15, 0.2) is 48.7 Å². The molecule has 1 atom stereocenters. The number of anilines is 2. The standard InChI is InChI=1S/C22H30N4O/c1-3-25(4-2)22(27)21(17-8-6-5-7-9-17)18-12-14-26(15-13-18)20-11-10-19(23)16-24-20/h5-11,16,18,21H,3-4,12-15,23H2,1-2H3. The first kappa shape index (κ1) is 19.2. The molecule has 5 nitrogen and oxygen atoms in total. The van der Waals surface area contributed by atoms with Crippen molar-refractivity contribution >= 4 is 17.4 Å². The second-order valence-corrected chi connectivity index (χ2v) is 7.17. The van der Waals surface area contributed by atoms with Crippen LogP contribution in [0.2, 0.25) is 0 Å². The van der Waals surface area contributed by atoms with Crippen molar-refractivity contribution in [3.63, 3.8) is 0 Å². The number of nitrogens with zero attached hydrogens (tertiary/aromatic N) is 3. The Balaban J connectivity index is 1.76. The Morgan fingerprint density at radius 2 is 1.81 bits per heavy atom. The highest BCUT2D eigenvalue weighted by Crippen LogP contribution is 2.35. The topological polar surface area (TPSA) is 62.5 Å². The fourth-order valence-corrected chi connectivity index (χ4v) is 4.06. The number of nitrogens with two attached hydrogens (primary N) is 1. The quantitative estimate of drug-likeness (QED) is 0.849. The van der Waals surface area contributed by atoms with Crippen molar-refractivity contribution in [3.05, 3.63) is 54.2 Å². The van der Waals surface area contributed by atoms with Crippen molar-refractivity contribution in [1.29, 1.82) is 0 Å². The van der Waals surface area contributed by atoms with E-state index in [4.69, 9.17) is 5.73 Å². The summed E-state index contributed by atoms with van der Waals surface area (Å²) >= 11 is 0. The van der Waals surface area contributed by atoms with Gasteiger partial charge in [-0.1, -0.05) is 30.3 Å². The van der Waals surface area contributed by atoms with Gasteiger partial charge in [0.05, 0.1) is 17.8 Å². The molecule has 144 valence electrons. The second-order valence-electron chi connectivity index (χ2n) is 7.17. The van der Waals surface area contributed by atoms with Crippen LogP contribution in [0.25, 0.3) is 0 Å². The van der Waals surface area contributed by atoms with Crippen molar-refractivity contribution in [3.8, 4) is 0 Å². The number of aromatic nitrogens is 1. The maximum absolute atomic E-state index is 13.3. The van der Waals surface area contributed by atoms with Gasteiger partial charge in [0, 0.05) is 26.2 Å². The van der Waals surface area contributed by atoms with Crippen LogP contribution in [-0.4, -0.2) is 42.0 Å². The van der Waals surface area contributed by atoms with E-state index in [-0.39, 0.29) is 11.8 Å². The predicted molar refractivity (Wildman–Crippen MR) is 111 cm³/mol. The molecule has 3 rings (SSSR count). The number of carbonyl (C=O) groups is 1. The molecule has 0 radical (unpaired) electrons. The number of rotatable bonds is 6. The van der Waals surface area contributed by atoms with Gasteiger partial charge < -0.3 is 15.5 Å². The fourth-order valence-electron chi connectivity index (χ4n) is 4.06. The number of carbonyl (C=O) groups excluding carboxylic acids is 1. The number of benzene rings is 1. The Morgan fingerprint density at radius 3 is 2.37 bits per heavy atom. The first-order chi connectivity index (χ1) is 13.1. The molecule has 0 saturated carbocycles. The van der Waals surface area contributed by atoms with Gasteiger partial charge in [0.2, 0.25) is 5.91 Å². The van der Waals surface area contributed by atoms with Crippen molar-refractivity contribution in [2.75, 3.05) is 36.8 Å². The molecular formula is C22H30N4O. The van der Waals surface area contributed by atoms with E-state index >= 15 is 0 Å². The van der Waals surface area contributed by atoms with Gasteiger partial charge in [0.15, 0.2) is 0 Å². The van der Waals surface area contributed by atoms with Crippen LogP contribution in [0, 0.1) is 5.92 Å². The van der Waals surface area contributed by atoms with Gasteiger partial charge >= 0.3 is 0 Å². The van der Waals surface area contributed by atoms with Crippen LogP contribution in [-0.2, 0) is 4.79 Å². The van der Waals surface area contributed by atoms with Gasteiger partial charge in [-0.2, -0.15) is 0 Å². The minimum Gasteiger partial charge on any atom is -0.397 e. The lowest BCUT2D eigenvalue weighted by Gasteiger charge is -2.38. The lowest BCUT2D eigenvalue weighted by Crippen LogP contribution is -2.42. The average Bonchev–Trinajstić information content (AvgIpc) is 2.71. The summed E-state index contributed by atoms with van der Waals surface area (Å²) in [5, 5.41) is 0. The molecule has 1 aliphatic heterocycles. The molecule has 2 heterocycles. The van der Waals surface area contributed by atoms with E-state index in [2.05, 4.69) is 35.9 Å². The largest absolute Gasteiger partial charge is 0.397 e. The molecule has 0 aliphatic carbocycles. The maximum atomic E-state index is 13.3. The van der Waals surface area contributed by atoms with E-state index in [1.165, 1.54) is 0 Å². The van der Waals surface area contributed by atoms with Crippen LogP contribution >= 0.6 is 0 Å². The van der Waals surface area contributed by atoms with E-state index in [9.17, 15) is 4.79 Å². The van der Waals surface area contributed by atoms with Crippen molar-refractivity contribution in [1.82, 2.24) is 9.88 Å². The lowest BCUT2D eigenvalue weighted by molar-refractivity contribution is -0.134. The third-order valence-electron chi connectivity index (χ3n) is 5.61. The molecule has 0 spiro atoms. The minimum absolute atomic E-state index is 0.0624. The first-order valence-electron chi connectivity index (χ1n) is 9.94. The zero-order valence-electron chi connectivity index (χ0n) is 16.3. The average molecular weight is 367 g/mol. The number of piperidine rings is 1. The third kappa shape index (κ3) is 4.41. The van der Waals surface area contributed by atoms with Gasteiger partial charge in [0.25, 0.3) is 0 Å². The van der Waals surface area contributed by atoms with Gasteiger partial charge in [-0.15, -0.1) is 0 Å². The Labute approximate surface area is 162 Å². The molecule has 1 aromatic heterocycles. The van der Waals surface area contributed by atoms with Crippen LogP contribution in [0.1, 0.15) is 38.2 Å². The molecule has 27 heavy (non-hydrogen) atoms. The van der Waals surface area contributed by atoms with Gasteiger partial charge in [-0.25, -0.2) is 4.98 Å². The van der Waals surface area contributed by atoms with Crippen LogP contribution in [0.3, 0.4) is 0 Å². The molecule has 1 fully saturated rings. The monoisotopic (exact) mass is 366 g/mol. The summed E-state index contributed by atoms with van der Waals surface area (Å²) in [4.78, 5) is 22.0. The number of amides is 1. The summed E-state index contributed by atoms with van der Waals surface area (Å²) in [5.74, 6) is 1.52. The van der Waals surface area contributed by atoms with Crippen LogP contribution in [0.5, 0.6) is 0 Å². The van der Waals surface area contributed by atoms with Gasteiger partial charge in [-0.05, 0) is 50.3 Å². The van der Waals surface area contributed by atoms with Gasteiger partial charge in [-0.3, -0.25) is 4.79 Å². The smallest absolute Gasteiger partial charge is 0.230 e. The van der Waals surface area contributed by atoms with Crippen LogP contribution < -0.4 is 10.6 Å². The SMILES string of the molecule is CCN(CC)C(=O)C(c1ccccc1)C1CCN(c2ccc(N)cn2)CC1. The summed E-state index contributed by atoms with van der Waals surface area (Å²) in [6, 6.07) is 14.1. The minimum atomic E-state index is -0.0624. The van der Waals surface area contributed by atoms with E-state index in [0.29, 0.717) is 11.6 Å². The molecular weight excluding hydrogens is 336 g/mol. The summed E-state index contributed by atoms with van der Waals surface area (Å²) < 4.78 is 0. The molecule has 0 bridgehead atoms. The second kappa shape index (κ2) is 8.89. The van der Waals surface area contributed by atoms with Gasteiger partial charge in [0.1, 0.15) is 5.82 Å². The summed E-state index contributed by atoms with van der Waals surface area (Å²) in [5.41, 5.74) is 7.57. The highest BCUT2D eigenvalue weighted by atomic mass is 16.2. The normalized spacial score (nSPS) is 16.1. The Morgan fingerprint density at radius 1 is 1.15 bits per heavy atom. The van der Waals surface area contributed by atoms with Crippen molar-refractivity contribution < 1.29 is 4.79 Å². The summed E-state index contributed by atoms with van der Waals surface area (Å²) in [7, 11) is 0. The predicted octanol–water partition coefficient (Wildman–Crippen LogP) is 3.53. The molecule has 1 aliphatic rings. The molecule has 1 saturated heterocycles. The van der Waals surface area contributed by atoms with Crippen LogP contribution in [0.4, 0.5) is 11.5 Å².